The number of ether oxygens (including phenoxy) is 2. The molecule has 1 fully saturated rings. The van der Waals surface area contributed by atoms with Crippen LogP contribution in [0.25, 0.3) is 10.8 Å². The van der Waals surface area contributed by atoms with Crippen LogP contribution in [0.15, 0.2) is 24.4 Å². The van der Waals surface area contributed by atoms with Gasteiger partial charge in [-0.25, -0.2) is 9.37 Å². The molecule has 3 atom stereocenters. The number of aliphatic hydroxyl groups is 3. The molecule has 11 heteroatoms. The van der Waals surface area contributed by atoms with Gasteiger partial charge in [0, 0.05) is 17.5 Å². The molecular weight excluding hydrogens is 389 g/mol. The van der Waals surface area contributed by atoms with Crippen molar-refractivity contribution in [2.24, 2.45) is 11.7 Å². The highest BCUT2D eigenvalue weighted by molar-refractivity contribution is 6.01. The molecule has 1 aromatic heterocycles. The van der Waals surface area contributed by atoms with Gasteiger partial charge in [-0.3, -0.25) is 9.59 Å². The predicted octanol–water partition coefficient (Wildman–Crippen LogP) is -0.458. The van der Waals surface area contributed by atoms with E-state index in [0.29, 0.717) is 17.2 Å². The van der Waals surface area contributed by atoms with Crippen molar-refractivity contribution in [2.75, 3.05) is 6.61 Å². The van der Waals surface area contributed by atoms with Gasteiger partial charge < -0.3 is 35.8 Å². The third-order valence-corrected chi connectivity index (χ3v) is 4.68. The Bertz CT molecular complexity index is 947. The van der Waals surface area contributed by atoms with Gasteiger partial charge in [0.2, 0.25) is 5.88 Å². The van der Waals surface area contributed by atoms with E-state index in [2.05, 4.69) is 15.0 Å². The first-order valence-corrected chi connectivity index (χ1v) is 8.76. The summed E-state index contributed by atoms with van der Waals surface area (Å²) in [7, 11) is 0. The number of fused-ring (bicyclic) bond motifs is 1. The first-order valence-electron chi connectivity index (χ1n) is 8.76. The quantitative estimate of drug-likeness (QED) is 0.384. The van der Waals surface area contributed by atoms with Gasteiger partial charge in [0.15, 0.2) is 6.17 Å². The number of amides is 2. The Kier molecular flexibility index (Phi) is 5.55. The van der Waals surface area contributed by atoms with Crippen LogP contribution in [0.4, 0.5) is 4.39 Å². The standard InChI is InChI=1S/C18H20FN3O7/c1-2-9-12(22-16(24)14(9)19)7-28-17-10-6-13(29-18(25,26)27)11(15(20)23)5-8(10)3-4-21-17/h3-6,9,12,14,25-27H,2,7H2,1H3,(H2,20,23)(H,22,24). The summed E-state index contributed by atoms with van der Waals surface area (Å²) in [6.45, 7) is 1.70. The number of primary amides is 1. The van der Waals surface area contributed by atoms with E-state index in [4.69, 9.17) is 25.8 Å². The zero-order valence-electron chi connectivity index (χ0n) is 15.3. The maximum Gasteiger partial charge on any atom is 0.453 e. The number of pyridine rings is 1. The molecule has 6 N–H and O–H groups in total. The number of aromatic nitrogens is 1. The number of hydrogen-bond acceptors (Lipinski definition) is 8. The molecule has 0 bridgehead atoms. The number of carbonyl (C=O) groups excluding carboxylic acids is 2. The summed E-state index contributed by atoms with van der Waals surface area (Å²) >= 11 is 0. The van der Waals surface area contributed by atoms with Gasteiger partial charge >= 0.3 is 6.16 Å². The Morgan fingerprint density at radius 1 is 1.38 bits per heavy atom. The fourth-order valence-electron chi connectivity index (χ4n) is 3.31. The first-order chi connectivity index (χ1) is 13.6. The van der Waals surface area contributed by atoms with Gasteiger partial charge in [-0.2, -0.15) is 0 Å². The lowest BCUT2D eigenvalue weighted by atomic mass is 9.97. The van der Waals surface area contributed by atoms with Gasteiger partial charge in [0.05, 0.1) is 11.6 Å². The fourth-order valence-corrected chi connectivity index (χ4v) is 3.31. The second kappa shape index (κ2) is 7.78. The molecule has 3 unspecified atom stereocenters. The molecule has 0 spiro atoms. The predicted molar refractivity (Wildman–Crippen MR) is 96.4 cm³/mol. The lowest BCUT2D eigenvalue weighted by Gasteiger charge is -2.20. The van der Waals surface area contributed by atoms with Crippen LogP contribution in [-0.4, -0.2) is 57.1 Å². The Morgan fingerprint density at radius 3 is 2.72 bits per heavy atom. The summed E-state index contributed by atoms with van der Waals surface area (Å²) in [5, 5.41) is 30.6. The lowest BCUT2D eigenvalue weighted by molar-refractivity contribution is -0.419. The van der Waals surface area contributed by atoms with Crippen molar-refractivity contribution in [3.8, 4) is 11.6 Å². The van der Waals surface area contributed by atoms with Gasteiger partial charge in [0.1, 0.15) is 12.4 Å². The zero-order valence-corrected chi connectivity index (χ0v) is 15.3. The average molecular weight is 409 g/mol. The van der Waals surface area contributed by atoms with Crippen molar-refractivity contribution in [2.45, 2.75) is 31.7 Å². The van der Waals surface area contributed by atoms with Crippen LogP contribution < -0.4 is 20.5 Å². The molecule has 1 aromatic carbocycles. The van der Waals surface area contributed by atoms with Crippen LogP contribution in [0, 0.1) is 5.92 Å². The number of rotatable bonds is 7. The summed E-state index contributed by atoms with van der Waals surface area (Å²) in [5.74, 6) is -2.52. The number of hydrogen-bond donors (Lipinski definition) is 5. The van der Waals surface area contributed by atoms with Crippen molar-refractivity contribution in [3.05, 3.63) is 30.0 Å². The molecule has 29 heavy (non-hydrogen) atoms. The number of nitrogens with one attached hydrogen (secondary N) is 1. The van der Waals surface area contributed by atoms with Crippen molar-refractivity contribution in [1.29, 1.82) is 0 Å². The smallest absolute Gasteiger partial charge is 0.453 e. The molecule has 156 valence electrons. The lowest BCUT2D eigenvalue weighted by Crippen LogP contribution is -2.35. The van der Waals surface area contributed by atoms with Crippen LogP contribution >= 0.6 is 0 Å². The number of nitrogens with two attached hydrogens (primary N) is 1. The van der Waals surface area contributed by atoms with E-state index in [0.717, 1.165) is 0 Å². The van der Waals surface area contributed by atoms with Gasteiger partial charge in [-0.15, -0.1) is 0 Å². The highest BCUT2D eigenvalue weighted by Crippen LogP contribution is 2.32. The average Bonchev–Trinajstić information content (AvgIpc) is 2.91. The number of carbonyl (C=O) groups is 2. The number of benzene rings is 1. The third-order valence-electron chi connectivity index (χ3n) is 4.68. The van der Waals surface area contributed by atoms with Crippen molar-refractivity contribution >= 4 is 22.6 Å². The van der Waals surface area contributed by atoms with Crippen molar-refractivity contribution in [1.82, 2.24) is 10.3 Å². The van der Waals surface area contributed by atoms with Crippen molar-refractivity contribution < 1.29 is 38.8 Å². The molecule has 2 heterocycles. The Balaban J connectivity index is 1.93. The van der Waals surface area contributed by atoms with E-state index in [1.54, 1.807) is 13.0 Å². The van der Waals surface area contributed by atoms with Gasteiger partial charge in [-0.05, 0) is 30.0 Å². The van der Waals surface area contributed by atoms with Crippen LogP contribution in [0.2, 0.25) is 0 Å². The largest absolute Gasteiger partial charge is 0.475 e. The molecular formula is C18H20FN3O7. The van der Waals surface area contributed by atoms with Gasteiger partial charge in [0.25, 0.3) is 11.8 Å². The zero-order chi connectivity index (χ0) is 21.3. The molecule has 0 saturated carbocycles. The second-order valence-corrected chi connectivity index (χ2v) is 6.63. The normalized spacial score (nSPS) is 21.8. The fraction of sp³-hybridized carbons (Fsp3) is 0.389. The summed E-state index contributed by atoms with van der Waals surface area (Å²) in [5.41, 5.74) is 5.06. The van der Waals surface area contributed by atoms with Crippen LogP contribution in [0.3, 0.4) is 0 Å². The monoisotopic (exact) mass is 409 g/mol. The highest BCUT2D eigenvalue weighted by atomic mass is 19.1. The minimum atomic E-state index is -3.54. The van der Waals surface area contributed by atoms with E-state index in [-0.39, 0.29) is 18.1 Å². The summed E-state index contributed by atoms with van der Waals surface area (Å²) < 4.78 is 24.2. The Hall–Kier alpha value is -3.02. The van der Waals surface area contributed by atoms with E-state index in [1.165, 1.54) is 18.3 Å². The molecule has 1 aliphatic heterocycles. The maximum atomic E-state index is 13.9. The van der Waals surface area contributed by atoms with E-state index in [9.17, 15) is 14.0 Å². The molecule has 1 saturated heterocycles. The van der Waals surface area contributed by atoms with Crippen molar-refractivity contribution in [3.63, 3.8) is 0 Å². The second-order valence-electron chi connectivity index (χ2n) is 6.63. The topological polar surface area (TPSA) is 164 Å². The SMILES string of the molecule is CCC1C(COc2nccc3cc(C(N)=O)c(OC(O)(O)O)cc23)NC(=O)C1F. The number of nitrogens with zero attached hydrogens (tertiary/aromatic N) is 1. The maximum absolute atomic E-state index is 13.9. The Morgan fingerprint density at radius 2 is 2.10 bits per heavy atom. The number of alkyl halides is 1. The molecule has 2 aromatic rings. The first kappa shape index (κ1) is 20.7. The molecule has 3 rings (SSSR count). The molecule has 2 amide bonds. The molecule has 10 nitrogen and oxygen atoms in total. The van der Waals surface area contributed by atoms with Crippen LogP contribution in [0.5, 0.6) is 11.6 Å². The highest BCUT2D eigenvalue weighted by Gasteiger charge is 2.41. The number of halogens is 1. The van der Waals surface area contributed by atoms with E-state index in [1.807, 2.05) is 0 Å². The summed E-state index contributed by atoms with van der Waals surface area (Å²) in [4.78, 5) is 27.3. The minimum absolute atomic E-state index is 0.0610. The third kappa shape index (κ3) is 4.36. The summed E-state index contributed by atoms with van der Waals surface area (Å²) in [6, 6.07) is 3.49. The van der Waals surface area contributed by atoms with Crippen LogP contribution in [0.1, 0.15) is 23.7 Å². The molecule has 1 aliphatic rings. The van der Waals surface area contributed by atoms with E-state index >= 15 is 0 Å². The molecule has 0 aliphatic carbocycles. The Labute approximate surface area is 164 Å². The van der Waals surface area contributed by atoms with E-state index < -0.39 is 41.9 Å². The van der Waals surface area contributed by atoms with Crippen LogP contribution in [-0.2, 0) is 4.79 Å². The minimum Gasteiger partial charge on any atom is -0.475 e. The summed E-state index contributed by atoms with van der Waals surface area (Å²) in [6.07, 6.45) is -3.32. The molecule has 0 radical (unpaired) electrons. The van der Waals surface area contributed by atoms with Gasteiger partial charge in [-0.1, -0.05) is 6.92 Å².